The highest BCUT2D eigenvalue weighted by Crippen LogP contribution is 2.56. The van der Waals surface area contributed by atoms with E-state index in [4.69, 9.17) is 0 Å². The molecular weight excluding hydrogens is 966 g/mol. The molecule has 8 aromatic carbocycles. The third-order valence-corrected chi connectivity index (χ3v) is 20.0. The van der Waals surface area contributed by atoms with Gasteiger partial charge in [0, 0.05) is 60.7 Å². The summed E-state index contributed by atoms with van der Waals surface area (Å²) < 4.78 is 28.3. The van der Waals surface area contributed by atoms with Gasteiger partial charge in [0.15, 0.2) is 0 Å². The fourth-order valence-electron chi connectivity index (χ4n) is 15.6. The Bertz CT molecular complexity index is 3950. The van der Waals surface area contributed by atoms with Crippen molar-refractivity contribution in [1.82, 2.24) is 0 Å². The lowest BCUT2D eigenvalue weighted by Gasteiger charge is -2.48. The van der Waals surface area contributed by atoms with Crippen LogP contribution in [0.25, 0.3) is 11.1 Å². The van der Waals surface area contributed by atoms with E-state index in [-0.39, 0.29) is 44.6 Å². The van der Waals surface area contributed by atoms with Gasteiger partial charge < -0.3 is 14.7 Å². The molecule has 0 N–H and O–H groups in total. The van der Waals surface area contributed by atoms with Gasteiger partial charge in [-0.25, -0.2) is 0 Å². The fraction of sp³-hybridized carbons (Fsp3) is 0.368. The molecule has 0 amide bonds. The highest BCUT2D eigenvalue weighted by molar-refractivity contribution is 7.00. The number of hydrogen-bond acceptors (Lipinski definition) is 3. The van der Waals surface area contributed by atoms with Gasteiger partial charge in [0.1, 0.15) is 0 Å². The summed E-state index contributed by atoms with van der Waals surface area (Å²) in [7, 11) is 0. The smallest absolute Gasteiger partial charge is 0.252 e. The Morgan fingerprint density at radius 2 is 0.963 bits per heavy atom. The summed E-state index contributed by atoms with van der Waals surface area (Å²) in [6, 6.07) is 55.5. The Balaban J connectivity index is 1.14. The summed E-state index contributed by atoms with van der Waals surface area (Å²) in [4.78, 5) is 7.37. The van der Waals surface area contributed by atoms with Gasteiger partial charge in [0.25, 0.3) is 6.71 Å². The van der Waals surface area contributed by atoms with Crippen LogP contribution in [0.2, 0.25) is 0 Å². The molecule has 13 rings (SSSR count). The number of hydrogen-bond donors (Lipinski definition) is 0. The van der Waals surface area contributed by atoms with Crippen LogP contribution in [0.3, 0.4) is 0 Å². The van der Waals surface area contributed by atoms with Crippen molar-refractivity contribution in [3.8, 4) is 11.1 Å². The molecule has 0 spiro atoms. The average Bonchev–Trinajstić information content (AvgIpc) is 1.49. The molecule has 0 fully saturated rings. The second-order valence-corrected chi connectivity index (χ2v) is 30.0. The second-order valence-electron chi connectivity index (χ2n) is 30.0. The highest BCUT2D eigenvalue weighted by atomic mass is 15.2. The Kier molecular flexibility index (Phi) is 10.5. The van der Waals surface area contributed by atoms with Crippen LogP contribution in [0.1, 0.15) is 190 Å². The van der Waals surface area contributed by atoms with Crippen molar-refractivity contribution in [2.45, 2.75) is 182 Å². The molecule has 0 atom stereocenters. The zero-order valence-corrected chi connectivity index (χ0v) is 50.9. The van der Waals surface area contributed by atoms with E-state index in [0.29, 0.717) is 5.56 Å². The topological polar surface area (TPSA) is 9.72 Å². The lowest BCUT2D eigenvalue weighted by atomic mass is 9.33. The van der Waals surface area contributed by atoms with Gasteiger partial charge in [0.2, 0.25) is 0 Å². The Labute approximate surface area is 484 Å². The Morgan fingerprint density at radius 3 is 1.56 bits per heavy atom. The first-order valence-electron chi connectivity index (χ1n) is 31.2. The van der Waals surface area contributed by atoms with Crippen molar-refractivity contribution in [3.05, 3.63) is 201 Å². The molecule has 406 valence electrons. The molecule has 0 aromatic heterocycles. The molecule has 80 heavy (non-hydrogen) atoms. The zero-order valence-electron chi connectivity index (χ0n) is 53.9. The van der Waals surface area contributed by atoms with Gasteiger partial charge in [-0.15, -0.1) is 0 Å². The van der Waals surface area contributed by atoms with E-state index >= 15 is 0 Å². The van der Waals surface area contributed by atoms with Crippen molar-refractivity contribution in [2.24, 2.45) is 0 Å². The molecule has 5 aliphatic rings. The van der Waals surface area contributed by atoms with Gasteiger partial charge in [-0.1, -0.05) is 184 Å². The van der Waals surface area contributed by atoms with Crippen LogP contribution in [0, 0.1) is 13.8 Å². The lowest BCUT2D eigenvalue weighted by Crippen LogP contribution is -2.62. The molecule has 0 radical (unpaired) electrons. The summed E-state index contributed by atoms with van der Waals surface area (Å²) in [5.41, 5.74) is 27.1. The highest BCUT2D eigenvalue weighted by Gasteiger charge is 2.49. The molecule has 0 bridgehead atoms. The number of anilines is 9. The molecule has 2 aliphatic heterocycles. The minimum Gasteiger partial charge on any atom is -0.311 e. The van der Waals surface area contributed by atoms with Crippen LogP contribution in [0.5, 0.6) is 0 Å². The molecule has 8 aromatic rings. The number of fused-ring (bicyclic) bond motifs is 9. The largest absolute Gasteiger partial charge is 0.311 e. The quantitative estimate of drug-likeness (QED) is 0.159. The first-order valence-corrected chi connectivity index (χ1v) is 29.7. The number of aryl methyl sites for hydroxylation is 2. The lowest BCUT2D eigenvalue weighted by molar-refractivity contribution is 0.332. The van der Waals surface area contributed by atoms with Gasteiger partial charge in [-0.2, -0.15) is 0 Å². The molecule has 0 saturated heterocycles. The normalized spacial score (nSPS) is 18.9. The standard InChI is InChI=1S/C76H84BN3/c1-46-37-67-69-68(38-46)80(64-43-61-58(39-47(64)2)74(13,14)45-75(61,15)16)66-44-60-59(72(9,10)35-36-73(60,11)12)42-63(66)77(69)62-34-32-53(41-65(62)79(67)52-31-33-55-54-21-19-20-22-56(54)76(17,18)57(55)40-52)78(50-27-23-48(24-28-50)70(3,4)5)51-29-25-49(26-30-51)71(6,7)8/h19-34,37-44H,35-36,45H2,1-18H3/i1D3. The van der Waals surface area contributed by atoms with Crippen LogP contribution < -0.4 is 31.1 Å². The summed E-state index contributed by atoms with van der Waals surface area (Å²) in [6.07, 6.45) is 3.22. The summed E-state index contributed by atoms with van der Waals surface area (Å²) >= 11 is 0. The zero-order chi connectivity index (χ0) is 59.3. The van der Waals surface area contributed by atoms with E-state index in [1.54, 1.807) is 0 Å². The predicted octanol–water partition coefficient (Wildman–Crippen LogP) is 19.1. The van der Waals surface area contributed by atoms with Crippen LogP contribution in [0.4, 0.5) is 51.2 Å². The monoisotopic (exact) mass is 1050 g/mol. The molecule has 4 heteroatoms. The Hall–Kier alpha value is -6.78. The van der Waals surface area contributed by atoms with Gasteiger partial charge in [-0.05, 0) is 221 Å². The SMILES string of the molecule is [2H]C([2H])([2H])c1cc2c3c(c1)N(c1cc4c(cc1C)C(C)(C)CC4(C)C)c1cc4c(cc1B3c1ccc(N(c3ccc(C(C)(C)C)cc3)c3ccc(C(C)(C)C)cc3)cc1N2c1ccc2c(c1)C(C)(C)c1ccccc1-2)C(C)(C)CCC4(C)C. The molecule has 3 nitrogen and oxygen atoms in total. The number of benzene rings is 8. The van der Waals surface area contributed by atoms with Crippen LogP contribution in [-0.2, 0) is 37.9 Å². The van der Waals surface area contributed by atoms with Gasteiger partial charge in [0.05, 0.1) is 0 Å². The van der Waals surface area contributed by atoms with Crippen LogP contribution in [-0.4, -0.2) is 6.71 Å². The van der Waals surface area contributed by atoms with Crippen molar-refractivity contribution < 1.29 is 4.11 Å². The Morgan fingerprint density at radius 1 is 0.450 bits per heavy atom. The summed E-state index contributed by atoms with van der Waals surface area (Å²) in [5.74, 6) is 0. The summed E-state index contributed by atoms with van der Waals surface area (Å²) in [5, 5.41) is 0. The van der Waals surface area contributed by atoms with Gasteiger partial charge in [-0.3, -0.25) is 0 Å². The minimum absolute atomic E-state index is 0.0121. The first kappa shape index (κ1) is 49.1. The third kappa shape index (κ3) is 7.87. The summed E-state index contributed by atoms with van der Waals surface area (Å²) in [6.45, 7) is 37.3. The van der Waals surface area contributed by atoms with E-state index in [1.807, 2.05) is 12.1 Å². The van der Waals surface area contributed by atoms with Crippen molar-refractivity contribution >= 4 is 74.3 Å². The van der Waals surface area contributed by atoms with E-state index < -0.39 is 6.85 Å². The van der Waals surface area contributed by atoms with E-state index in [2.05, 4.69) is 266 Å². The molecular formula is C76H84BN3. The third-order valence-electron chi connectivity index (χ3n) is 20.0. The van der Waals surface area contributed by atoms with Gasteiger partial charge >= 0.3 is 0 Å². The average molecular weight is 1050 g/mol. The van der Waals surface area contributed by atoms with Crippen LogP contribution >= 0.6 is 0 Å². The van der Waals surface area contributed by atoms with E-state index in [0.717, 1.165) is 75.9 Å². The van der Waals surface area contributed by atoms with E-state index in [1.165, 1.54) is 72.1 Å². The van der Waals surface area contributed by atoms with Crippen LogP contribution in [0.15, 0.2) is 146 Å². The number of rotatable bonds is 5. The number of nitrogens with zero attached hydrogens (tertiary/aromatic N) is 3. The maximum absolute atomic E-state index is 9.42. The fourth-order valence-corrected chi connectivity index (χ4v) is 15.6. The van der Waals surface area contributed by atoms with Crippen molar-refractivity contribution in [3.63, 3.8) is 0 Å². The maximum Gasteiger partial charge on any atom is 0.252 e. The van der Waals surface area contributed by atoms with Crippen molar-refractivity contribution in [1.29, 1.82) is 0 Å². The molecule has 0 unspecified atom stereocenters. The van der Waals surface area contributed by atoms with Crippen molar-refractivity contribution in [2.75, 3.05) is 14.7 Å². The molecule has 2 heterocycles. The molecule has 3 aliphatic carbocycles. The second kappa shape index (κ2) is 17.1. The molecule has 0 saturated carbocycles. The maximum atomic E-state index is 9.42. The predicted molar refractivity (Wildman–Crippen MR) is 346 cm³/mol. The first-order chi connectivity index (χ1) is 38.7. The minimum atomic E-state index is -2.42. The van der Waals surface area contributed by atoms with E-state index in [9.17, 15) is 4.11 Å².